The Labute approximate surface area is 168 Å². The summed E-state index contributed by atoms with van der Waals surface area (Å²) in [6.45, 7) is 7.34. The van der Waals surface area contributed by atoms with Gasteiger partial charge in [-0.25, -0.2) is 0 Å². The van der Waals surface area contributed by atoms with E-state index in [-0.39, 0.29) is 0 Å². The second kappa shape index (κ2) is 10.9. The average molecular weight is 391 g/mol. The lowest BCUT2D eigenvalue weighted by Gasteiger charge is -2.34. The normalized spacial score (nSPS) is 25.3. The van der Waals surface area contributed by atoms with E-state index in [4.69, 9.17) is 9.73 Å². The third-order valence-electron chi connectivity index (χ3n) is 5.50. The van der Waals surface area contributed by atoms with E-state index in [1.54, 1.807) is 0 Å². The molecule has 1 aromatic carbocycles. The molecule has 0 bridgehead atoms. The summed E-state index contributed by atoms with van der Waals surface area (Å²) in [5.41, 5.74) is 1.34. The van der Waals surface area contributed by atoms with Crippen molar-refractivity contribution >= 4 is 17.7 Å². The van der Waals surface area contributed by atoms with Gasteiger partial charge in [0.1, 0.15) is 0 Å². The Morgan fingerprint density at radius 3 is 2.70 bits per heavy atom. The summed E-state index contributed by atoms with van der Waals surface area (Å²) >= 11 is 1.99. The van der Waals surface area contributed by atoms with Gasteiger partial charge in [-0.1, -0.05) is 30.3 Å². The van der Waals surface area contributed by atoms with Crippen molar-refractivity contribution in [3.63, 3.8) is 0 Å². The van der Waals surface area contributed by atoms with Crippen LogP contribution in [0.2, 0.25) is 0 Å². The minimum atomic E-state index is 0.299. The molecule has 0 spiro atoms. The highest BCUT2D eigenvalue weighted by molar-refractivity contribution is 7.99. The summed E-state index contributed by atoms with van der Waals surface area (Å²) in [7, 11) is 0. The van der Waals surface area contributed by atoms with Crippen molar-refractivity contribution in [1.29, 1.82) is 0 Å². The Bertz CT molecular complexity index is 577. The average Bonchev–Trinajstić information content (AvgIpc) is 3.17. The van der Waals surface area contributed by atoms with Gasteiger partial charge in [0, 0.05) is 30.9 Å². The molecule has 0 aromatic heterocycles. The number of aliphatic imine (C=N–C) groups is 1. The minimum absolute atomic E-state index is 0.299. The standard InChI is InChI=1S/C21H34N4OS/c1-3-22-21(24-18-9-10-19(15-18)27-2)23-16-20(17-7-5-4-6-8-17)25-11-13-26-14-12-25/h4-8,18-20H,3,9-16H2,1-2H3,(H2,22,23,24). The van der Waals surface area contributed by atoms with Crippen LogP contribution in [0.4, 0.5) is 0 Å². The molecule has 3 rings (SSSR count). The van der Waals surface area contributed by atoms with Crippen LogP contribution >= 0.6 is 11.8 Å². The first-order valence-electron chi connectivity index (χ1n) is 10.2. The zero-order valence-electron chi connectivity index (χ0n) is 16.7. The highest BCUT2D eigenvalue weighted by Gasteiger charge is 2.25. The van der Waals surface area contributed by atoms with E-state index in [0.717, 1.165) is 50.6 Å². The zero-order chi connectivity index (χ0) is 18.9. The monoisotopic (exact) mass is 390 g/mol. The first kappa shape index (κ1) is 20.5. The summed E-state index contributed by atoms with van der Waals surface area (Å²) in [5.74, 6) is 0.957. The van der Waals surface area contributed by atoms with E-state index in [2.05, 4.69) is 59.0 Å². The maximum atomic E-state index is 5.56. The molecule has 6 heteroatoms. The van der Waals surface area contributed by atoms with Gasteiger partial charge >= 0.3 is 0 Å². The fourth-order valence-electron chi connectivity index (χ4n) is 3.97. The van der Waals surface area contributed by atoms with Gasteiger partial charge < -0.3 is 15.4 Å². The molecule has 1 aromatic rings. The van der Waals surface area contributed by atoms with Crippen molar-refractivity contribution in [2.24, 2.45) is 4.99 Å². The summed E-state index contributed by atoms with van der Waals surface area (Å²) in [4.78, 5) is 7.49. The number of nitrogens with one attached hydrogen (secondary N) is 2. The van der Waals surface area contributed by atoms with Gasteiger partial charge in [-0.2, -0.15) is 11.8 Å². The van der Waals surface area contributed by atoms with Crippen molar-refractivity contribution in [2.45, 2.75) is 43.5 Å². The Balaban J connectivity index is 1.68. The third-order valence-corrected chi connectivity index (χ3v) is 6.59. The number of ether oxygens (including phenoxy) is 1. The Kier molecular flexibility index (Phi) is 8.30. The highest BCUT2D eigenvalue weighted by atomic mass is 32.2. The zero-order valence-corrected chi connectivity index (χ0v) is 17.5. The molecule has 150 valence electrons. The van der Waals surface area contributed by atoms with Crippen LogP contribution in [0.1, 0.15) is 37.8 Å². The van der Waals surface area contributed by atoms with Crippen LogP contribution < -0.4 is 10.6 Å². The second-order valence-corrected chi connectivity index (χ2v) is 8.44. The van der Waals surface area contributed by atoms with Crippen molar-refractivity contribution in [1.82, 2.24) is 15.5 Å². The molecule has 3 atom stereocenters. The summed E-state index contributed by atoms with van der Waals surface area (Å²) < 4.78 is 5.56. The number of morpholine rings is 1. The molecule has 1 aliphatic carbocycles. The van der Waals surface area contributed by atoms with Crippen molar-refractivity contribution < 1.29 is 4.74 Å². The highest BCUT2D eigenvalue weighted by Crippen LogP contribution is 2.28. The quantitative estimate of drug-likeness (QED) is 0.554. The van der Waals surface area contributed by atoms with Gasteiger partial charge in [-0.15, -0.1) is 0 Å². The van der Waals surface area contributed by atoms with E-state index in [1.807, 2.05) is 11.8 Å². The van der Waals surface area contributed by atoms with Gasteiger partial charge in [0.25, 0.3) is 0 Å². The number of hydrogen-bond acceptors (Lipinski definition) is 4. The first-order chi connectivity index (χ1) is 13.3. The molecule has 2 fully saturated rings. The predicted octanol–water partition coefficient (Wildman–Crippen LogP) is 2.90. The number of nitrogens with zero attached hydrogens (tertiary/aromatic N) is 2. The molecule has 0 radical (unpaired) electrons. The largest absolute Gasteiger partial charge is 0.379 e. The smallest absolute Gasteiger partial charge is 0.191 e. The number of benzene rings is 1. The summed E-state index contributed by atoms with van der Waals surface area (Å²) in [6, 6.07) is 11.6. The Morgan fingerprint density at radius 2 is 2.04 bits per heavy atom. The Morgan fingerprint density at radius 1 is 1.26 bits per heavy atom. The molecule has 1 saturated heterocycles. The number of thioether (sulfide) groups is 1. The van der Waals surface area contributed by atoms with Crippen LogP contribution in [0.3, 0.4) is 0 Å². The molecule has 2 N–H and O–H groups in total. The van der Waals surface area contributed by atoms with Gasteiger partial charge in [-0.3, -0.25) is 9.89 Å². The van der Waals surface area contributed by atoms with Gasteiger partial charge in [-0.05, 0) is 38.0 Å². The molecule has 1 saturated carbocycles. The SMILES string of the molecule is CCNC(=NCC(c1ccccc1)N1CCOCC1)NC1CCC(SC)C1. The van der Waals surface area contributed by atoms with Crippen molar-refractivity contribution in [3.05, 3.63) is 35.9 Å². The van der Waals surface area contributed by atoms with Crippen LogP contribution in [-0.4, -0.2) is 67.8 Å². The van der Waals surface area contributed by atoms with E-state index in [1.165, 1.54) is 24.8 Å². The summed E-state index contributed by atoms with van der Waals surface area (Å²) in [5, 5.41) is 7.90. The molecule has 2 aliphatic rings. The molecule has 1 heterocycles. The van der Waals surface area contributed by atoms with Crippen molar-refractivity contribution in [3.8, 4) is 0 Å². The van der Waals surface area contributed by atoms with E-state index >= 15 is 0 Å². The number of guanidine groups is 1. The van der Waals surface area contributed by atoms with E-state index in [9.17, 15) is 0 Å². The topological polar surface area (TPSA) is 48.9 Å². The van der Waals surface area contributed by atoms with Crippen LogP contribution in [0.5, 0.6) is 0 Å². The molecule has 5 nitrogen and oxygen atoms in total. The Hall–Kier alpha value is -1.24. The fraction of sp³-hybridized carbons (Fsp3) is 0.667. The first-order valence-corrected chi connectivity index (χ1v) is 11.5. The molecule has 0 amide bonds. The van der Waals surface area contributed by atoms with E-state index in [0.29, 0.717) is 12.1 Å². The number of rotatable bonds is 7. The van der Waals surface area contributed by atoms with Crippen molar-refractivity contribution in [2.75, 3.05) is 45.6 Å². The molecule has 1 aliphatic heterocycles. The minimum Gasteiger partial charge on any atom is -0.379 e. The molecule has 3 unspecified atom stereocenters. The lowest BCUT2D eigenvalue weighted by atomic mass is 10.0. The van der Waals surface area contributed by atoms with Crippen LogP contribution in [0.15, 0.2) is 35.3 Å². The van der Waals surface area contributed by atoms with Crippen LogP contribution in [-0.2, 0) is 4.74 Å². The van der Waals surface area contributed by atoms with Gasteiger partial charge in [0.15, 0.2) is 5.96 Å². The van der Waals surface area contributed by atoms with Gasteiger partial charge in [0.2, 0.25) is 0 Å². The van der Waals surface area contributed by atoms with Crippen LogP contribution in [0, 0.1) is 0 Å². The predicted molar refractivity (Wildman–Crippen MR) is 116 cm³/mol. The molecular formula is C21H34N4OS. The fourth-order valence-corrected chi connectivity index (χ4v) is 4.77. The third kappa shape index (κ3) is 6.13. The summed E-state index contributed by atoms with van der Waals surface area (Å²) in [6.07, 6.45) is 6.00. The lowest BCUT2D eigenvalue weighted by molar-refractivity contribution is 0.0179. The molecular weight excluding hydrogens is 356 g/mol. The maximum absolute atomic E-state index is 5.56. The van der Waals surface area contributed by atoms with Crippen LogP contribution in [0.25, 0.3) is 0 Å². The maximum Gasteiger partial charge on any atom is 0.191 e. The number of hydrogen-bond donors (Lipinski definition) is 2. The second-order valence-electron chi connectivity index (χ2n) is 7.31. The van der Waals surface area contributed by atoms with Gasteiger partial charge in [0.05, 0.1) is 25.8 Å². The molecule has 27 heavy (non-hydrogen) atoms. The lowest BCUT2D eigenvalue weighted by Crippen LogP contribution is -2.44. The van der Waals surface area contributed by atoms with E-state index < -0.39 is 0 Å².